The molecule has 3 aromatic carbocycles. The standard InChI is InChI=1S/C17H15ClGe/c1-19(18,15-10-3-2-4-11-15)17-13-7-9-14-8-5-6-12-16(14)17/h2-13H,1H3. The molecule has 94 valence electrons. The van der Waals surface area contributed by atoms with Crippen molar-refractivity contribution in [1.82, 2.24) is 0 Å². The molecule has 0 saturated carbocycles. The van der Waals surface area contributed by atoms with Gasteiger partial charge in [-0.15, -0.1) is 0 Å². The maximum absolute atomic E-state index is 7.05. The van der Waals surface area contributed by atoms with Crippen LogP contribution in [0, 0.1) is 0 Å². The van der Waals surface area contributed by atoms with Gasteiger partial charge in [-0.1, -0.05) is 0 Å². The van der Waals surface area contributed by atoms with E-state index in [2.05, 4.69) is 72.5 Å². The van der Waals surface area contributed by atoms with Crippen LogP contribution in [0.3, 0.4) is 0 Å². The number of halogens is 1. The molecule has 0 aliphatic heterocycles. The normalized spacial score (nSPS) is 14.2. The molecular weight excluding hydrogens is 312 g/mol. The first-order valence-corrected chi connectivity index (χ1v) is 13.4. The summed E-state index contributed by atoms with van der Waals surface area (Å²) in [5, 5.41) is 2.57. The molecule has 1 atom stereocenters. The Morgan fingerprint density at radius 2 is 1.37 bits per heavy atom. The van der Waals surface area contributed by atoms with E-state index < -0.39 is 12.3 Å². The van der Waals surface area contributed by atoms with Crippen LogP contribution in [0.2, 0.25) is 5.76 Å². The molecule has 0 spiro atoms. The molecule has 0 N–H and O–H groups in total. The Hall–Kier alpha value is -1.25. The fourth-order valence-electron chi connectivity index (χ4n) is 2.54. The van der Waals surface area contributed by atoms with Gasteiger partial charge in [0, 0.05) is 0 Å². The molecule has 0 nitrogen and oxygen atoms in total. The van der Waals surface area contributed by atoms with Crippen LogP contribution >= 0.6 is 10.0 Å². The van der Waals surface area contributed by atoms with Crippen molar-refractivity contribution in [2.45, 2.75) is 5.76 Å². The molecule has 0 bridgehead atoms. The molecule has 0 fully saturated rings. The Labute approximate surface area is 120 Å². The predicted molar refractivity (Wildman–Crippen MR) is 87.1 cm³/mol. The number of rotatable bonds is 2. The first kappa shape index (κ1) is 12.8. The van der Waals surface area contributed by atoms with Gasteiger partial charge >= 0.3 is 120 Å². The molecule has 0 radical (unpaired) electrons. The quantitative estimate of drug-likeness (QED) is 0.629. The first-order chi connectivity index (χ1) is 9.19. The minimum atomic E-state index is -2.72. The van der Waals surface area contributed by atoms with Gasteiger partial charge in [-0.25, -0.2) is 0 Å². The molecule has 0 aliphatic carbocycles. The fraction of sp³-hybridized carbons (Fsp3) is 0.0588. The van der Waals surface area contributed by atoms with Crippen molar-refractivity contribution in [1.29, 1.82) is 0 Å². The Kier molecular flexibility index (Phi) is 3.38. The van der Waals surface area contributed by atoms with E-state index in [4.69, 9.17) is 10.0 Å². The van der Waals surface area contributed by atoms with Crippen LogP contribution in [0.5, 0.6) is 0 Å². The van der Waals surface area contributed by atoms with Gasteiger partial charge in [0.2, 0.25) is 0 Å². The molecule has 0 saturated heterocycles. The van der Waals surface area contributed by atoms with Crippen molar-refractivity contribution in [3.05, 3.63) is 72.8 Å². The molecule has 3 aromatic rings. The molecule has 1 unspecified atom stereocenters. The number of fused-ring (bicyclic) bond motifs is 1. The molecule has 0 amide bonds. The minimum absolute atomic E-state index is 1.27. The van der Waals surface area contributed by atoms with Crippen LogP contribution in [0.25, 0.3) is 10.8 Å². The first-order valence-electron chi connectivity index (χ1n) is 6.42. The third kappa shape index (κ3) is 2.31. The van der Waals surface area contributed by atoms with Gasteiger partial charge in [0.25, 0.3) is 0 Å². The van der Waals surface area contributed by atoms with E-state index in [1.54, 1.807) is 0 Å². The van der Waals surface area contributed by atoms with E-state index in [-0.39, 0.29) is 0 Å². The molecule has 2 heteroatoms. The second-order valence-electron chi connectivity index (χ2n) is 4.90. The van der Waals surface area contributed by atoms with Gasteiger partial charge in [0.15, 0.2) is 0 Å². The van der Waals surface area contributed by atoms with E-state index in [1.807, 2.05) is 6.07 Å². The SMILES string of the molecule is [CH3][Ge]([Cl])([c]1ccccc1)[c]1cccc2ccccc12. The monoisotopic (exact) mass is 328 g/mol. The zero-order chi connectivity index (χ0) is 13.3. The topological polar surface area (TPSA) is 0 Å². The average Bonchev–Trinajstić information content (AvgIpc) is 2.47. The second-order valence-corrected chi connectivity index (χ2v) is 15.4. The van der Waals surface area contributed by atoms with Crippen molar-refractivity contribution in [2.24, 2.45) is 0 Å². The summed E-state index contributed by atoms with van der Waals surface area (Å²) in [6.45, 7) is 0. The summed E-state index contributed by atoms with van der Waals surface area (Å²) in [5.74, 6) is 2.25. The molecule has 3 rings (SSSR count). The van der Waals surface area contributed by atoms with Crippen LogP contribution in [0.1, 0.15) is 0 Å². The van der Waals surface area contributed by atoms with Crippen LogP contribution < -0.4 is 8.79 Å². The van der Waals surface area contributed by atoms with Crippen LogP contribution in [-0.4, -0.2) is 12.3 Å². The van der Waals surface area contributed by atoms with Gasteiger partial charge in [-0.2, -0.15) is 0 Å². The summed E-state index contributed by atoms with van der Waals surface area (Å²) in [7, 11) is 7.05. The number of benzene rings is 3. The maximum atomic E-state index is 7.05. The molecule has 19 heavy (non-hydrogen) atoms. The van der Waals surface area contributed by atoms with Gasteiger partial charge < -0.3 is 0 Å². The van der Waals surface area contributed by atoms with Crippen molar-refractivity contribution in [3.8, 4) is 0 Å². The van der Waals surface area contributed by atoms with E-state index in [0.29, 0.717) is 0 Å². The van der Waals surface area contributed by atoms with Crippen molar-refractivity contribution < 1.29 is 0 Å². The average molecular weight is 327 g/mol. The third-order valence-electron chi connectivity index (χ3n) is 3.61. The summed E-state index contributed by atoms with van der Waals surface area (Å²) in [4.78, 5) is 0. The van der Waals surface area contributed by atoms with E-state index in [9.17, 15) is 0 Å². The number of hydrogen-bond acceptors (Lipinski definition) is 0. The Balaban J connectivity index is 2.24. The van der Waals surface area contributed by atoms with Crippen molar-refractivity contribution in [2.75, 3.05) is 0 Å². The number of hydrogen-bond donors (Lipinski definition) is 0. The van der Waals surface area contributed by atoms with Gasteiger partial charge in [-0.05, 0) is 0 Å². The van der Waals surface area contributed by atoms with Gasteiger partial charge in [0.1, 0.15) is 0 Å². The summed E-state index contributed by atoms with van der Waals surface area (Å²) in [6, 6.07) is 25.5. The molecule has 0 aliphatic rings. The Morgan fingerprint density at radius 3 is 2.16 bits per heavy atom. The Morgan fingerprint density at radius 1 is 0.737 bits per heavy atom. The second kappa shape index (κ2) is 5.03. The zero-order valence-corrected chi connectivity index (χ0v) is 13.7. The summed E-state index contributed by atoms with van der Waals surface area (Å²) < 4.78 is 2.64. The van der Waals surface area contributed by atoms with Gasteiger partial charge in [0.05, 0.1) is 0 Å². The van der Waals surface area contributed by atoms with E-state index in [1.165, 1.54) is 19.6 Å². The molecular formula is C17H15ClGe. The van der Waals surface area contributed by atoms with Crippen LogP contribution in [-0.2, 0) is 0 Å². The zero-order valence-electron chi connectivity index (χ0n) is 10.8. The van der Waals surface area contributed by atoms with Crippen molar-refractivity contribution in [3.63, 3.8) is 0 Å². The molecule has 0 aromatic heterocycles. The fourth-order valence-corrected chi connectivity index (χ4v) is 8.82. The molecule has 0 heterocycles. The Bertz CT molecular complexity index is 699. The third-order valence-corrected chi connectivity index (χ3v) is 11.8. The van der Waals surface area contributed by atoms with E-state index >= 15 is 0 Å². The van der Waals surface area contributed by atoms with E-state index in [0.717, 1.165) is 0 Å². The predicted octanol–water partition coefficient (Wildman–Crippen LogP) is 3.77. The summed E-state index contributed by atoms with van der Waals surface area (Å²) >= 11 is -2.72. The van der Waals surface area contributed by atoms with Crippen LogP contribution in [0.15, 0.2) is 72.8 Å². The summed E-state index contributed by atoms with van der Waals surface area (Å²) in [6.07, 6.45) is 0. The van der Waals surface area contributed by atoms with Gasteiger partial charge in [-0.3, -0.25) is 0 Å². The van der Waals surface area contributed by atoms with Crippen LogP contribution in [0.4, 0.5) is 0 Å². The summed E-state index contributed by atoms with van der Waals surface area (Å²) in [5.41, 5.74) is 0. The van der Waals surface area contributed by atoms with Crippen molar-refractivity contribution >= 4 is 41.9 Å².